The molecule has 0 atom stereocenters. The summed E-state index contributed by atoms with van der Waals surface area (Å²) in [6.07, 6.45) is 3.40. The molecule has 6 nitrogen and oxygen atoms in total. The van der Waals surface area contributed by atoms with E-state index in [0.717, 1.165) is 39.3 Å². The molecule has 28 heavy (non-hydrogen) atoms. The Bertz CT molecular complexity index is 878. The molecule has 0 radical (unpaired) electrons. The van der Waals surface area contributed by atoms with Gasteiger partial charge in [-0.2, -0.15) is 0 Å². The topological polar surface area (TPSA) is 75.7 Å². The highest BCUT2D eigenvalue weighted by atomic mass is 16.5. The van der Waals surface area contributed by atoms with Crippen LogP contribution in [0.5, 0.6) is 0 Å². The van der Waals surface area contributed by atoms with Gasteiger partial charge in [-0.15, -0.1) is 0 Å². The molecular weight excluding hydrogens is 356 g/mol. The van der Waals surface area contributed by atoms with Gasteiger partial charge in [-0.05, 0) is 31.9 Å². The van der Waals surface area contributed by atoms with Crippen molar-refractivity contribution in [2.45, 2.75) is 19.3 Å². The van der Waals surface area contributed by atoms with Crippen molar-refractivity contribution in [3.05, 3.63) is 58.2 Å². The minimum atomic E-state index is -0.164. The molecule has 1 heterocycles. The first-order chi connectivity index (χ1) is 13.6. The Morgan fingerprint density at radius 3 is 2.50 bits per heavy atom. The van der Waals surface area contributed by atoms with E-state index in [1.54, 1.807) is 30.3 Å². The van der Waals surface area contributed by atoms with Crippen LogP contribution in [0.1, 0.15) is 40.0 Å². The van der Waals surface area contributed by atoms with Crippen LogP contribution in [0.2, 0.25) is 0 Å². The van der Waals surface area contributed by atoms with Crippen molar-refractivity contribution in [1.82, 2.24) is 10.2 Å². The number of rotatable bonds is 5. The van der Waals surface area contributed by atoms with Crippen molar-refractivity contribution >= 4 is 17.5 Å². The van der Waals surface area contributed by atoms with E-state index in [1.165, 1.54) is 0 Å². The normalized spacial score (nSPS) is 19.8. The molecule has 2 aliphatic carbocycles. The molecule has 1 fully saturated rings. The van der Waals surface area contributed by atoms with Crippen LogP contribution in [0.25, 0.3) is 0 Å². The first kappa shape index (κ1) is 18.8. The lowest BCUT2D eigenvalue weighted by Gasteiger charge is -2.26. The van der Waals surface area contributed by atoms with E-state index in [9.17, 15) is 14.4 Å². The predicted octanol–water partition coefficient (Wildman–Crippen LogP) is 1.92. The lowest BCUT2D eigenvalue weighted by atomic mass is 9.78. The molecule has 1 aliphatic heterocycles. The lowest BCUT2D eigenvalue weighted by Crippen LogP contribution is -2.38. The van der Waals surface area contributed by atoms with Gasteiger partial charge in [0.25, 0.3) is 0 Å². The van der Waals surface area contributed by atoms with E-state index in [-0.39, 0.29) is 17.5 Å². The maximum Gasteiger partial charge on any atom is 0.247 e. The maximum atomic E-state index is 12.8. The van der Waals surface area contributed by atoms with Crippen molar-refractivity contribution < 1.29 is 19.1 Å². The first-order valence-electron chi connectivity index (χ1n) is 9.85. The summed E-state index contributed by atoms with van der Waals surface area (Å²) in [6.45, 7) is 4.94. The fraction of sp³-hybridized carbons (Fsp3) is 0.409. The monoisotopic (exact) mass is 380 g/mol. The third-order valence-corrected chi connectivity index (χ3v) is 5.56. The highest BCUT2D eigenvalue weighted by Crippen LogP contribution is 2.34. The summed E-state index contributed by atoms with van der Waals surface area (Å²) in [5.74, 6) is -0.401. The molecule has 1 N–H and O–H groups in total. The number of ketones is 2. The summed E-state index contributed by atoms with van der Waals surface area (Å²) in [6, 6.07) is 6.89. The lowest BCUT2D eigenvalue weighted by molar-refractivity contribution is -0.117. The van der Waals surface area contributed by atoms with Gasteiger partial charge in [0.15, 0.2) is 11.6 Å². The van der Waals surface area contributed by atoms with Crippen molar-refractivity contribution in [2.75, 3.05) is 39.4 Å². The molecule has 4 rings (SSSR count). The number of amides is 1. The largest absolute Gasteiger partial charge is 0.379 e. The molecule has 0 bridgehead atoms. The third kappa shape index (κ3) is 3.70. The maximum absolute atomic E-state index is 12.8. The number of fused-ring (bicyclic) bond motifs is 1. The molecule has 1 amide bonds. The summed E-state index contributed by atoms with van der Waals surface area (Å²) >= 11 is 0. The standard InChI is InChI=1S/C22H24N2O4/c25-20-16-4-1-2-5-17(16)21(26)19-14-15(6-7-18(19)20)22(27)23-8-3-9-24-10-12-28-13-11-24/h1-2,4-5,14H,3,6-13H2,(H,23,27). The molecule has 0 unspecified atom stereocenters. The number of nitrogens with zero attached hydrogens (tertiary/aromatic N) is 1. The summed E-state index contributed by atoms with van der Waals surface area (Å²) in [4.78, 5) is 40.3. The average Bonchev–Trinajstić information content (AvgIpc) is 2.75. The summed E-state index contributed by atoms with van der Waals surface area (Å²) in [7, 11) is 0. The van der Waals surface area contributed by atoms with Gasteiger partial charge in [-0.1, -0.05) is 24.3 Å². The number of Topliss-reactive ketones (excluding diaryl/α,β-unsaturated/α-hetero) is 2. The molecule has 1 aromatic rings. The number of benzene rings is 1. The van der Waals surface area contributed by atoms with Crippen LogP contribution in [0, 0.1) is 0 Å². The van der Waals surface area contributed by atoms with Crippen LogP contribution in [0.4, 0.5) is 0 Å². The minimum Gasteiger partial charge on any atom is -0.379 e. The van der Waals surface area contributed by atoms with Crippen LogP contribution in [0.3, 0.4) is 0 Å². The fourth-order valence-electron chi connectivity index (χ4n) is 3.98. The predicted molar refractivity (Wildman–Crippen MR) is 104 cm³/mol. The number of carbonyl (C=O) groups excluding carboxylic acids is 3. The highest BCUT2D eigenvalue weighted by molar-refractivity contribution is 6.28. The number of ether oxygens (including phenoxy) is 1. The Morgan fingerprint density at radius 2 is 1.75 bits per heavy atom. The van der Waals surface area contributed by atoms with Gasteiger partial charge in [0.05, 0.1) is 13.2 Å². The van der Waals surface area contributed by atoms with Gasteiger partial charge in [-0.25, -0.2) is 0 Å². The molecule has 146 valence electrons. The SMILES string of the molecule is O=C(NCCCN1CCOCC1)C1=CC2=C(CC1)C(=O)c1ccccc1C2=O. The zero-order valence-electron chi connectivity index (χ0n) is 15.8. The Balaban J connectivity index is 1.39. The summed E-state index contributed by atoms with van der Waals surface area (Å²) < 4.78 is 5.33. The molecule has 0 aromatic heterocycles. The average molecular weight is 380 g/mol. The van der Waals surface area contributed by atoms with Crippen molar-refractivity contribution in [1.29, 1.82) is 0 Å². The molecule has 0 spiro atoms. The van der Waals surface area contributed by atoms with Crippen molar-refractivity contribution in [2.24, 2.45) is 0 Å². The minimum absolute atomic E-state index is 0.0913. The number of allylic oxidation sites excluding steroid dienone is 3. The second kappa shape index (κ2) is 8.20. The highest BCUT2D eigenvalue weighted by Gasteiger charge is 2.33. The van der Waals surface area contributed by atoms with E-state index < -0.39 is 0 Å². The second-order valence-electron chi connectivity index (χ2n) is 7.33. The van der Waals surface area contributed by atoms with Gasteiger partial charge >= 0.3 is 0 Å². The van der Waals surface area contributed by atoms with Crippen LogP contribution >= 0.6 is 0 Å². The van der Waals surface area contributed by atoms with Gasteiger partial charge in [0, 0.05) is 47.5 Å². The smallest absolute Gasteiger partial charge is 0.247 e. The zero-order chi connectivity index (χ0) is 19.5. The van der Waals surface area contributed by atoms with Gasteiger partial charge < -0.3 is 10.1 Å². The van der Waals surface area contributed by atoms with E-state index in [1.807, 2.05) is 0 Å². The van der Waals surface area contributed by atoms with Crippen molar-refractivity contribution in [3.8, 4) is 0 Å². The third-order valence-electron chi connectivity index (χ3n) is 5.56. The number of nitrogens with one attached hydrogen (secondary N) is 1. The van der Waals surface area contributed by atoms with Crippen molar-refractivity contribution in [3.63, 3.8) is 0 Å². The molecule has 1 aromatic carbocycles. The summed E-state index contributed by atoms with van der Waals surface area (Å²) in [5.41, 5.74) is 2.39. The Kier molecular flexibility index (Phi) is 5.50. The van der Waals surface area contributed by atoms with E-state index in [2.05, 4.69) is 10.2 Å². The van der Waals surface area contributed by atoms with Crippen LogP contribution in [0.15, 0.2) is 47.1 Å². The first-order valence-corrected chi connectivity index (χ1v) is 9.85. The fourth-order valence-corrected chi connectivity index (χ4v) is 3.98. The van der Waals surface area contributed by atoms with E-state index in [0.29, 0.717) is 47.2 Å². The molecule has 3 aliphatic rings. The molecule has 0 saturated carbocycles. The summed E-state index contributed by atoms with van der Waals surface area (Å²) in [5, 5.41) is 2.95. The van der Waals surface area contributed by atoms with Crippen LogP contribution < -0.4 is 5.32 Å². The Labute approximate surface area is 164 Å². The number of hydrogen-bond donors (Lipinski definition) is 1. The van der Waals surface area contributed by atoms with Crippen LogP contribution in [-0.2, 0) is 9.53 Å². The van der Waals surface area contributed by atoms with E-state index >= 15 is 0 Å². The van der Waals surface area contributed by atoms with Gasteiger partial charge in [0.2, 0.25) is 5.91 Å². The Morgan fingerprint density at radius 1 is 1.04 bits per heavy atom. The van der Waals surface area contributed by atoms with E-state index in [4.69, 9.17) is 4.74 Å². The zero-order valence-corrected chi connectivity index (χ0v) is 15.8. The van der Waals surface area contributed by atoms with Crippen LogP contribution in [-0.4, -0.2) is 61.8 Å². The quantitative estimate of drug-likeness (QED) is 0.790. The second-order valence-corrected chi connectivity index (χ2v) is 7.33. The number of morpholine rings is 1. The molecule has 1 saturated heterocycles. The molecule has 6 heteroatoms. The molecular formula is C22H24N2O4. The number of carbonyl (C=O) groups is 3. The Hall–Kier alpha value is -2.57. The number of hydrogen-bond acceptors (Lipinski definition) is 5. The van der Waals surface area contributed by atoms with Gasteiger partial charge in [0.1, 0.15) is 0 Å². The van der Waals surface area contributed by atoms with Gasteiger partial charge in [-0.3, -0.25) is 19.3 Å².